The Morgan fingerprint density at radius 3 is 2.71 bits per heavy atom. The maximum absolute atomic E-state index is 13.2. The highest BCUT2D eigenvalue weighted by molar-refractivity contribution is 7.18. The minimum Gasteiger partial charge on any atom is -0.460 e. The van der Waals surface area contributed by atoms with E-state index in [1.54, 1.807) is 11.3 Å². The topological polar surface area (TPSA) is 69.0 Å². The summed E-state index contributed by atoms with van der Waals surface area (Å²) in [4.78, 5) is 13.4. The highest BCUT2D eigenvalue weighted by atomic mass is 32.1. The Balaban J connectivity index is 1.51. The van der Waals surface area contributed by atoms with Crippen LogP contribution < -0.4 is 9.64 Å². The van der Waals surface area contributed by atoms with Crippen LogP contribution in [-0.2, 0) is 25.7 Å². The van der Waals surface area contributed by atoms with Crippen LogP contribution in [0.1, 0.15) is 55.6 Å². The number of halogens is 3. The summed E-state index contributed by atoms with van der Waals surface area (Å²) in [5.74, 6) is 0.0352. The molecule has 0 bridgehead atoms. The lowest BCUT2D eigenvalue weighted by atomic mass is 10.2. The first-order chi connectivity index (χ1) is 14.9. The molecule has 0 radical (unpaired) electrons. The summed E-state index contributed by atoms with van der Waals surface area (Å²) in [5.41, 5.74) is 0. The highest BCUT2D eigenvalue weighted by Crippen LogP contribution is 2.36. The van der Waals surface area contributed by atoms with Gasteiger partial charge in [0, 0.05) is 18.0 Å². The molecule has 0 amide bonds. The Hall–Kier alpha value is -2.43. The molecule has 3 aromatic heterocycles. The Kier molecular flexibility index (Phi) is 5.23. The van der Waals surface area contributed by atoms with Crippen molar-refractivity contribution in [1.82, 2.24) is 24.7 Å². The summed E-state index contributed by atoms with van der Waals surface area (Å²) < 4.78 is 46.8. The molecule has 2 aliphatic rings. The number of hydrogen-bond acceptors (Lipinski definition) is 7. The molecule has 1 saturated carbocycles. The molecule has 3 aromatic rings. The van der Waals surface area contributed by atoms with E-state index in [0.717, 1.165) is 53.3 Å². The van der Waals surface area contributed by atoms with Crippen LogP contribution in [0.25, 0.3) is 10.2 Å². The molecular formula is C20H23F3N6OS. The molecule has 1 aliphatic heterocycles. The van der Waals surface area contributed by atoms with Crippen molar-refractivity contribution in [3.8, 4) is 6.01 Å². The molecule has 0 unspecified atom stereocenters. The Labute approximate surface area is 181 Å². The van der Waals surface area contributed by atoms with Crippen LogP contribution in [-0.4, -0.2) is 37.4 Å². The van der Waals surface area contributed by atoms with Crippen LogP contribution in [0.5, 0.6) is 6.01 Å². The summed E-state index contributed by atoms with van der Waals surface area (Å²) in [6.07, 6.45) is 1.85. The van der Waals surface area contributed by atoms with Gasteiger partial charge in [0.1, 0.15) is 16.8 Å². The predicted molar refractivity (Wildman–Crippen MR) is 110 cm³/mol. The molecule has 31 heavy (non-hydrogen) atoms. The maximum Gasteiger partial charge on any atom is 0.451 e. The number of ether oxygens (including phenoxy) is 1. The zero-order valence-corrected chi connectivity index (χ0v) is 18.0. The number of hydrogen-bond donors (Lipinski definition) is 0. The number of rotatable bonds is 5. The predicted octanol–water partition coefficient (Wildman–Crippen LogP) is 4.60. The van der Waals surface area contributed by atoms with Crippen LogP contribution in [0.4, 0.5) is 19.0 Å². The molecular weight excluding hydrogens is 429 g/mol. The van der Waals surface area contributed by atoms with Crippen LogP contribution in [0.2, 0.25) is 0 Å². The fourth-order valence-electron chi connectivity index (χ4n) is 4.30. The minimum absolute atomic E-state index is 0.124. The summed E-state index contributed by atoms with van der Waals surface area (Å²) in [6, 6.07) is 2.45. The SMILES string of the molecule is CCCc1cc2c(N3CCn4c(nnc4C(F)(F)F)C3)nc(OC3CCCC3)nc2s1. The second kappa shape index (κ2) is 7.92. The van der Waals surface area contributed by atoms with Gasteiger partial charge in [-0.2, -0.15) is 23.1 Å². The largest absolute Gasteiger partial charge is 0.460 e. The summed E-state index contributed by atoms with van der Waals surface area (Å²) in [5, 5.41) is 8.09. The van der Waals surface area contributed by atoms with Crippen molar-refractivity contribution in [1.29, 1.82) is 0 Å². The molecule has 11 heteroatoms. The smallest absolute Gasteiger partial charge is 0.451 e. The van der Waals surface area contributed by atoms with E-state index in [0.29, 0.717) is 18.4 Å². The first-order valence-corrected chi connectivity index (χ1v) is 11.5. The van der Waals surface area contributed by atoms with Gasteiger partial charge in [0.2, 0.25) is 5.82 Å². The van der Waals surface area contributed by atoms with Gasteiger partial charge in [0.25, 0.3) is 0 Å². The van der Waals surface area contributed by atoms with E-state index < -0.39 is 12.0 Å². The summed E-state index contributed by atoms with van der Waals surface area (Å²) in [7, 11) is 0. The number of thiophene rings is 1. The van der Waals surface area contributed by atoms with E-state index in [1.165, 1.54) is 4.88 Å². The second-order valence-corrected chi connectivity index (χ2v) is 9.16. The van der Waals surface area contributed by atoms with Gasteiger partial charge in [0.05, 0.1) is 11.9 Å². The van der Waals surface area contributed by atoms with Crippen molar-refractivity contribution < 1.29 is 17.9 Å². The van der Waals surface area contributed by atoms with Crippen molar-refractivity contribution in [2.24, 2.45) is 0 Å². The summed E-state index contributed by atoms with van der Waals surface area (Å²) >= 11 is 1.63. The standard InChI is InChI=1S/C20H23F3N6OS/c1-2-5-13-10-14-16(24-19(25-17(14)31-13)30-12-6-3-4-7-12)28-8-9-29-15(11-28)26-27-18(29)20(21,22)23/h10,12H,2-9,11H2,1H3. The van der Waals surface area contributed by atoms with Crippen LogP contribution in [0.15, 0.2) is 6.07 Å². The summed E-state index contributed by atoms with van der Waals surface area (Å²) in [6.45, 7) is 2.85. The van der Waals surface area contributed by atoms with Crippen molar-refractivity contribution in [2.75, 3.05) is 11.4 Å². The molecule has 0 spiro atoms. The molecule has 0 aromatic carbocycles. The Morgan fingerprint density at radius 1 is 1.16 bits per heavy atom. The lowest BCUT2D eigenvalue weighted by Crippen LogP contribution is -2.36. The third kappa shape index (κ3) is 3.95. The van der Waals surface area contributed by atoms with E-state index in [4.69, 9.17) is 9.72 Å². The highest BCUT2D eigenvalue weighted by Gasteiger charge is 2.39. The molecule has 166 valence electrons. The monoisotopic (exact) mass is 452 g/mol. The van der Waals surface area contributed by atoms with Gasteiger partial charge < -0.3 is 14.2 Å². The van der Waals surface area contributed by atoms with Gasteiger partial charge in [-0.25, -0.2) is 0 Å². The zero-order valence-electron chi connectivity index (χ0n) is 17.2. The van der Waals surface area contributed by atoms with Gasteiger partial charge in [-0.05, 0) is 38.2 Å². The Morgan fingerprint density at radius 2 is 1.97 bits per heavy atom. The van der Waals surface area contributed by atoms with Crippen molar-refractivity contribution in [3.63, 3.8) is 0 Å². The number of nitrogens with zero attached hydrogens (tertiary/aromatic N) is 6. The number of alkyl halides is 3. The van der Waals surface area contributed by atoms with Crippen LogP contribution in [0.3, 0.4) is 0 Å². The van der Waals surface area contributed by atoms with E-state index >= 15 is 0 Å². The fourth-order valence-corrected chi connectivity index (χ4v) is 5.42. The van der Waals surface area contributed by atoms with Crippen molar-refractivity contribution in [3.05, 3.63) is 22.6 Å². The lowest BCUT2D eigenvalue weighted by Gasteiger charge is -2.29. The van der Waals surface area contributed by atoms with Crippen molar-refractivity contribution >= 4 is 27.4 Å². The molecule has 4 heterocycles. The lowest BCUT2D eigenvalue weighted by molar-refractivity contribution is -0.147. The van der Waals surface area contributed by atoms with E-state index in [9.17, 15) is 13.2 Å². The van der Waals surface area contributed by atoms with Gasteiger partial charge in [-0.15, -0.1) is 21.5 Å². The van der Waals surface area contributed by atoms with E-state index in [-0.39, 0.29) is 25.0 Å². The van der Waals surface area contributed by atoms with E-state index in [2.05, 4.69) is 28.2 Å². The van der Waals surface area contributed by atoms with Gasteiger partial charge >= 0.3 is 12.2 Å². The zero-order chi connectivity index (χ0) is 21.6. The van der Waals surface area contributed by atoms with Gasteiger partial charge in [-0.1, -0.05) is 13.3 Å². The molecule has 1 aliphatic carbocycles. The van der Waals surface area contributed by atoms with Crippen LogP contribution in [0, 0.1) is 0 Å². The third-order valence-electron chi connectivity index (χ3n) is 5.78. The Bertz CT molecular complexity index is 1090. The van der Waals surface area contributed by atoms with Crippen molar-refractivity contribution in [2.45, 2.75) is 70.8 Å². The van der Waals surface area contributed by atoms with Gasteiger partial charge in [0.15, 0.2) is 5.82 Å². The first-order valence-electron chi connectivity index (χ1n) is 10.6. The number of aromatic nitrogens is 5. The van der Waals surface area contributed by atoms with Gasteiger partial charge in [-0.3, -0.25) is 0 Å². The second-order valence-electron chi connectivity index (χ2n) is 8.05. The quantitative estimate of drug-likeness (QED) is 0.564. The maximum atomic E-state index is 13.2. The molecule has 0 atom stereocenters. The molecule has 0 saturated heterocycles. The fraction of sp³-hybridized carbons (Fsp3) is 0.600. The van der Waals surface area contributed by atoms with E-state index in [1.807, 2.05) is 4.90 Å². The first kappa shape index (κ1) is 20.5. The average molecular weight is 453 g/mol. The molecule has 5 rings (SSSR count). The molecule has 7 nitrogen and oxygen atoms in total. The third-order valence-corrected chi connectivity index (χ3v) is 6.87. The molecule has 1 fully saturated rings. The number of aryl methyl sites for hydroxylation is 1. The minimum atomic E-state index is -4.51. The normalized spacial score (nSPS) is 17.5. The number of anilines is 1. The number of fused-ring (bicyclic) bond motifs is 2. The molecule has 0 N–H and O–H groups in total. The average Bonchev–Trinajstić information content (AvgIpc) is 3.45. The van der Waals surface area contributed by atoms with Crippen LogP contribution >= 0.6 is 11.3 Å².